The van der Waals surface area contributed by atoms with E-state index < -0.39 is 29.8 Å². The van der Waals surface area contributed by atoms with Crippen LogP contribution in [0.2, 0.25) is 58.9 Å². The first-order valence-electron chi connectivity index (χ1n) is 24.5. The van der Waals surface area contributed by atoms with E-state index in [4.69, 9.17) is 9.97 Å². The van der Waals surface area contributed by atoms with Gasteiger partial charge in [0.1, 0.15) is 29.8 Å². The second-order valence-electron chi connectivity index (χ2n) is 22.1. The van der Waals surface area contributed by atoms with Crippen LogP contribution < -0.4 is 0 Å². The Kier molecular flexibility index (Phi) is 13.4. The molecule has 5 nitrogen and oxygen atoms in total. The van der Waals surface area contributed by atoms with Crippen molar-refractivity contribution < 1.29 is 5.11 Å². The van der Waals surface area contributed by atoms with Crippen molar-refractivity contribution in [1.29, 1.82) is 0 Å². The van der Waals surface area contributed by atoms with E-state index in [-0.39, 0.29) is 0 Å². The number of benzene rings is 4. The highest BCUT2D eigenvalue weighted by atomic mass is 28.3. The third-order valence-corrected chi connectivity index (χ3v) is 14.3. The zero-order valence-corrected chi connectivity index (χ0v) is 46.2. The molecule has 9 rings (SSSR count). The van der Waals surface area contributed by atoms with Crippen LogP contribution in [0.3, 0.4) is 0 Å². The Morgan fingerprint density at radius 3 is 0.819 bits per heavy atom. The summed E-state index contributed by atoms with van der Waals surface area (Å²) in [5.41, 5.74) is 28.1. The van der Waals surface area contributed by atoms with Gasteiger partial charge in [-0.15, -0.1) is 16.6 Å². The summed E-state index contributed by atoms with van der Waals surface area (Å²) in [5.74, 6) is 16.4. The van der Waals surface area contributed by atoms with E-state index in [0.717, 1.165) is 112 Å². The van der Waals surface area contributed by atoms with Crippen molar-refractivity contribution in [2.45, 2.75) is 78.4 Å². The van der Waals surface area contributed by atoms with Crippen molar-refractivity contribution in [2.75, 3.05) is 0 Å². The lowest BCUT2D eigenvalue weighted by atomic mass is 10.0. The summed E-state index contributed by atoms with van der Waals surface area (Å²) >= 11 is 0. The number of aromatic amines is 2. The van der Waals surface area contributed by atoms with E-state index in [2.05, 4.69) is 249 Å². The second-order valence-corrected chi connectivity index (χ2v) is 36.4. The number of aliphatic hydroxyl groups is 1. The van der Waals surface area contributed by atoms with Gasteiger partial charge in [0, 0.05) is 66.6 Å². The van der Waals surface area contributed by atoms with Gasteiger partial charge in [0.05, 0.1) is 22.8 Å². The highest BCUT2D eigenvalue weighted by molar-refractivity contribution is 6.84. The van der Waals surface area contributed by atoms with Gasteiger partial charge in [0.15, 0.2) is 0 Å². The normalized spacial score (nSPS) is 12.2. The van der Waals surface area contributed by atoms with Crippen LogP contribution in [0.15, 0.2) is 121 Å². The molecule has 0 atom stereocenters. The maximum Gasteiger partial charge on any atom is 0.129 e. The monoisotopic (exact) mass is 984 g/mol. The predicted octanol–water partition coefficient (Wildman–Crippen LogP) is 15.1. The summed E-state index contributed by atoms with van der Waals surface area (Å²) in [6.07, 6.45) is 8.50. The van der Waals surface area contributed by atoms with Gasteiger partial charge in [-0.2, -0.15) is 0 Å². The summed E-state index contributed by atoms with van der Waals surface area (Å²) < 4.78 is 0. The Morgan fingerprint density at radius 2 is 0.597 bits per heavy atom. The first kappa shape index (κ1) is 49.3. The Balaban J connectivity index is 1.37. The van der Waals surface area contributed by atoms with E-state index in [0.29, 0.717) is 0 Å². The van der Waals surface area contributed by atoms with Crippen molar-refractivity contribution in [3.63, 3.8) is 0 Å². The highest BCUT2D eigenvalue weighted by Gasteiger charge is 2.20. The van der Waals surface area contributed by atoms with Crippen LogP contribution in [0.25, 0.3) is 90.9 Å². The number of fused-ring (bicyclic) bond motifs is 8. The molecule has 8 bridgehead atoms. The summed E-state index contributed by atoms with van der Waals surface area (Å²) in [7, 11) is -4.74. The van der Waals surface area contributed by atoms with Gasteiger partial charge in [-0.1, -0.05) is 137 Å². The molecule has 5 heterocycles. The van der Waals surface area contributed by atoms with Crippen LogP contribution in [-0.4, -0.2) is 54.9 Å². The largest absolute Gasteiger partial charge is 0.378 e. The quantitative estimate of drug-likeness (QED) is 0.121. The minimum absolute atomic E-state index is 0.809. The Hall–Kier alpha value is -7.67. The minimum Gasteiger partial charge on any atom is -0.378 e. The molecule has 0 radical (unpaired) electrons. The minimum atomic E-state index is -1.58. The maximum atomic E-state index is 10.4. The highest BCUT2D eigenvalue weighted by Crippen LogP contribution is 2.39. The molecule has 2 aliphatic rings. The molecule has 0 amide bonds. The molecule has 0 spiro atoms. The van der Waals surface area contributed by atoms with Gasteiger partial charge in [-0.05, 0) is 133 Å². The Bertz CT molecular complexity index is 3270. The number of nitrogens with zero attached hydrogens (tertiary/aromatic N) is 2. The van der Waals surface area contributed by atoms with Crippen LogP contribution in [0.4, 0.5) is 0 Å². The van der Waals surface area contributed by atoms with Crippen LogP contribution in [-0.2, 0) is 0 Å². The van der Waals surface area contributed by atoms with Crippen molar-refractivity contribution in [3.05, 3.63) is 166 Å². The molecule has 8 heteroatoms. The molecule has 0 fully saturated rings. The number of hydrogen-bond donors (Lipinski definition) is 3. The number of rotatable bonds is 4. The fraction of sp³-hybridized carbons (Fsp3) is 0.188. The SMILES string of the molecule is CC(C)(O)C#Cc1ccc(-c2c3nc(c(-c4ccc(C#C[Si](C)(C)C)cc4)c4ccc([nH]4)c(-c4ccc(C#C[Si](C)(C)C)cc4)c4nc(c(-c5ccc(C#C[Si](C)(C)C)cc5)c5ccc2[nH]5)C=C4)C=C3)cc1. The molecular formula is C64H60N4OSi3. The molecule has 7 aromatic rings. The first-order valence-corrected chi connectivity index (χ1v) is 35.0. The van der Waals surface area contributed by atoms with Gasteiger partial charge < -0.3 is 15.1 Å². The summed E-state index contributed by atoms with van der Waals surface area (Å²) in [6.45, 7) is 23.8. The first-order chi connectivity index (χ1) is 34.1. The lowest BCUT2D eigenvalue weighted by Crippen LogP contribution is -2.16. The third-order valence-electron chi connectivity index (χ3n) is 11.7. The second kappa shape index (κ2) is 19.5. The molecule has 354 valence electrons. The molecule has 0 saturated heterocycles. The zero-order valence-electron chi connectivity index (χ0n) is 43.2. The van der Waals surface area contributed by atoms with E-state index in [1.54, 1.807) is 13.8 Å². The van der Waals surface area contributed by atoms with E-state index in [1.165, 1.54) is 0 Å². The third kappa shape index (κ3) is 11.9. The van der Waals surface area contributed by atoms with Gasteiger partial charge >= 0.3 is 0 Å². The number of H-pyrrole nitrogens is 2. The van der Waals surface area contributed by atoms with E-state index in [1.807, 2.05) is 12.1 Å². The number of nitrogens with one attached hydrogen (secondary N) is 2. The van der Waals surface area contributed by atoms with Gasteiger partial charge in [-0.3, -0.25) is 0 Å². The maximum absolute atomic E-state index is 10.4. The van der Waals surface area contributed by atoms with Crippen molar-refractivity contribution in [3.8, 4) is 90.7 Å². The van der Waals surface area contributed by atoms with Crippen LogP contribution in [0.1, 0.15) is 58.9 Å². The average molecular weight is 985 g/mol. The van der Waals surface area contributed by atoms with Crippen molar-refractivity contribution in [1.82, 2.24) is 19.9 Å². The molecule has 0 saturated carbocycles. The molecule has 0 aliphatic carbocycles. The topological polar surface area (TPSA) is 77.6 Å². The lowest BCUT2D eigenvalue weighted by molar-refractivity contribution is 0.143. The molecule has 0 unspecified atom stereocenters. The molecule has 3 aromatic heterocycles. The van der Waals surface area contributed by atoms with Crippen LogP contribution >= 0.6 is 0 Å². The van der Waals surface area contributed by atoms with E-state index in [9.17, 15) is 5.11 Å². The zero-order chi connectivity index (χ0) is 51.0. The molecule has 4 aromatic carbocycles. The summed E-state index contributed by atoms with van der Waals surface area (Å²) in [6, 6.07) is 42.4. The van der Waals surface area contributed by atoms with Gasteiger partial charge in [-0.25, -0.2) is 9.97 Å². The Morgan fingerprint density at radius 1 is 0.361 bits per heavy atom. The van der Waals surface area contributed by atoms with Crippen LogP contribution in [0.5, 0.6) is 0 Å². The van der Waals surface area contributed by atoms with Crippen molar-refractivity contribution in [2.24, 2.45) is 0 Å². The lowest BCUT2D eigenvalue weighted by Gasteiger charge is -2.08. The molecule has 2 aliphatic heterocycles. The summed E-state index contributed by atoms with van der Waals surface area (Å²) in [5, 5.41) is 10.4. The molecule has 72 heavy (non-hydrogen) atoms. The molecule has 3 N–H and O–H groups in total. The standard InChI is InChI=1S/C64H60N4OSi3/c1-64(2,69)40-36-44-12-20-48(21-13-44)60-52-28-30-54(65-52)61(49-22-14-45(15-23-49)37-41-70(3,4)5)56-32-34-58(67-56)63(51-26-18-47(19-27-51)39-43-72(9,10)11)59-35-33-57(68-59)62(55-31-29-53(60)66-55)50-24-16-46(17-25-50)38-42-71(6,7)8/h12-35,65,68-69H,1-11H3. The van der Waals surface area contributed by atoms with Gasteiger partial charge in [0.2, 0.25) is 0 Å². The smallest absolute Gasteiger partial charge is 0.129 e. The van der Waals surface area contributed by atoms with Crippen molar-refractivity contribution >= 4 is 70.6 Å². The molecular weight excluding hydrogens is 925 g/mol. The number of aromatic nitrogens is 4. The van der Waals surface area contributed by atoms with Crippen LogP contribution in [0, 0.1) is 46.2 Å². The van der Waals surface area contributed by atoms with Gasteiger partial charge in [0.25, 0.3) is 0 Å². The summed E-state index contributed by atoms with van der Waals surface area (Å²) in [4.78, 5) is 18.8. The number of hydrogen-bond acceptors (Lipinski definition) is 3. The fourth-order valence-electron chi connectivity index (χ4n) is 8.31. The predicted molar refractivity (Wildman–Crippen MR) is 314 cm³/mol. The Labute approximate surface area is 428 Å². The average Bonchev–Trinajstić information content (AvgIpc) is 4.18. The fourth-order valence-corrected chi connectivity index (χ4v) is 9.86. The van der Waals surface area contributed by atoms with E-state index >= 15 is 0 Å².